The van der Waals surface area contributed by atoms with Gasteiger partial charge in [-0.05, 0) is 6.92 Å². The maximum atomic E-state index is 10.9. The summed E-state index contributed by atoms with van der Waals surface area (Å²) in [5.74, 6) is 0. The standard InChI is InChI=1S/C7H4N4O/c1-4-7(12)11-6(3-9)5(2-8)10-4/h1H3,(H,11,12). The molecule has 0 amide bonds. The van der Waals surface area contributed by atoms with Crippen LogP contribution in [0.15, 0.2) is 4.79 Å². The number of aromatic amines is 1. The number of aromatic nitrogens is 2. The van der Waals surface area contributed by atoms with E-state index >= 15 is 0 Å². The van der Waals surface area contributed by atoms with Crippen molar-refractivity contribution in [3.63, 3.8) is 0 Å². The average molecular weight is 160 g/mol. The van der Waals surface area contributed by atoms with E-state index in [1.54, 1.807) is 12.1 Å². The average Bonchev–Trinajstić information content (AvgIpc) is 2.09. The van der Waals surface area contributed by atoms with Gasteiger partial charge in [0.25, 0.3) is 5.56 Å². The van der Waals surface area contributed by atoms with E-state index < -0.39 is 5.56 Å². The topological polar surface area (TPSA) is 93.3 Å². The molecule has 0 aromatic carbocycles. The maximum Gasteiger partial charge on any atom is 0.270 e. The summed E-state index contributed by atoms with van der Waals surface area (Å²) >= 11 is 0. The van der Waals surface area contributed by atoms with E-state index in [0.717, 1.165) is 0 Å². The molecule has 5 nitrogen and oxygen atoms in total. The zero-order valence-electron chi connectivity index (χ0n) is 6.25. The van der Waals surface area contributed by atoms with Crippen LogP contribution in [0.4, 0.5) is 0 Å². The van der Waals surface area contributed by atoms with Gasteiger partial charge in [0.15, 0.2) is 11.4 Å². The molecule has 0 bridgehead atoms. The number of nitrogens with zero attached hydrogens (tertiary/aromatic N) is 3. The Kier molecular flexibility index (Phi) is 1.89. The maximum absolute atomic E-state index is 10.9. The van der Waals surface area contributed by atoms with Gasteiger partial charge in [-0.1, -0.05) is 0 Å². The number of hydrogen-bond acceptors (Lipinski definition) is 4. The van der Waals surface area contributed by atoms with Crippen LogP contribution in [-0.2, 0) is 0 Å². The second kappa shape index (κ2) is 2.85. The third-order valence-electron chi connectivity index (χ3n) is 1.30. The normalized spacial score (nSPS) is 8.58. The zero-order valence-corrected chi connectivity index (χ0v) is 6.25. The number of rotatable bonds is 0. The predicted molar refractivity (Wildman–Crippen MR) is 39.0 cm³/mol. The minimum atomic E-state index is -0.439. The minimum absolute atomic E-state index is 0.0467. The lowest BCUT2D eigenvalue weighted by Gasteiger charge is -1.93. The lowest BCUT2D eigenvalue weighted by molar-refractivity contribution is 1.02. The summed E-state index contributed by atoms with van der Waals surface area (Å²) in [5, 5.41) is 16.9. The summed E-state index contributed by atoms with van der Waals surface area (Å²) in [4.78, 5) is 16.8. The van der Waals surface area contributed by atoms with E-state index in [9.17, 15) is 4.79 Å². The van der Waals surface area contributed by atoms with Gasteiger partial charge in [-0.3, -0.25) is 4.79 Å². The van der Waals surface area contributed by atoms with Crippen LogP contribution in [0.3, 0.4) is 0 Å². The van der Waals surface area contributed by atoms with E-state index in [4.69, 9.17) is 10.5 Å². The molecule has 0 unspecified atom stereocenters. The Morgan fingerprint density at radius 2 is 2.08 bits per heavy atom. The van der Waals surface area contributed by atoms with Gasteiger partial charge in [-0.15, -0.1) is 0 Å². The third-order valence-corrected chi connectivity index (χ3v) is 1.30. The Bertz CT molecular complexity index is 446. The van der Waals surface area contributed by atoms with Crippen LogP contribution in [0.1, 0.15) is 17.1 Å². The van der Waals surface area contributed by atoms with Gasteiger partial charge in [0.1, 0.15) is 17.8 Å². The highest BCUT2D eigenvalue weighted by Gasteiger charge is 2.05. The first-order chi connectivity index (χ1) is 5.69. The van der Waals surface area contributed by atoms with Crippen molar-refractivity contribution in [3.05, 3.63) is 27.4 Å². The van der Waals surface area contributed by atoms with Crippen molar-refractivity contribution in [1.29, 1.82) is 10.5 Å². The summed E-state index contributed by atoms with van der Waals surface area (Å²) in [6.45, 7) is 1.47. The smallest absolute Gasteiger partial charge is 0.270 e. The Labute approximate surface area is 67.9 Å². The quantitative estimate of drug-likeness (QED) is 0.569. The fourth-order valence-corrected chi connectivity index (χ4v) is 0.699. The van der Waals surface area contributed by atoms with Gasteiger partial charge < -0.3 is 4.98 Å². The third kappa shape index (κ3) is 1.16. The molecule has 0 fully saturated rings. The first kappa shape index (κ1) is 7.96. The molecule has 1 heterocycles. The van der Waals surface area contributed by atoms with E-state index in [0.29, 0.717) is 0 Å². The van der Waals surface area contributed by atoms with Gasteiger partial charge in [-0.2, -0.15) is 10.5 Å². The van der Waals surface area contributed by atoms with E-state index in [1.807, 2.05) is 0 Å². The highest BCUT2D eigenvalue weighted by atomic mass is 16.1. The van der Waals surface area contributed by atoms with Crippen LogP contribution in [0.5, 0.6) is 0 Å². The molecule has 58 valence electrons. The molecule has 1 aromatic heterocycles. The number of aryl methyl sites for hydroxylation is 1. The van der Waals surface area contributed by atoms with Gasteiger partial charge in [0.05, 0.1) is 0 Å². The molecule has 0 saturated heterocycles. The molecular weight excluding hydrogens is 156 g/mol. The summed E-state index contributed by atoms with van der Waals surface area (Å²) in [7, 11) is 0. The molecule has 1 N–H and O–H groups in total. The fraction of sp³-hybridized carbons (Fsp3) is 0.143. The molecule has 5 heteroatoms. The van der Waals surface area contributed by atoms with Crippen molar-refractivity contribution >= 4 is 0 Å². The summed E-state index contributed by atoms with van der Waals surface area (Å²) < 4.78 is 0. The van der Waals surface area contributed by atoms with Crippen molar-refractivity contribution in [3.8, 4) is 12.1 Å². The Hall–Kier alpha value is -2.14. The van der Waals surface area contributed by atoms with Crippen molar-refractivity contribution in [2.75, 3.05) is 0 Å². The molecule has 0 aliphatic carbocycles. The second-order valence-corrected chi connectivity index (χ2v) is 2.10. The van der Waals surface area contributed by atoms with E-state index in [-0.39, 0.29) is 17.1 Å². The number of nitriles is 2. The highest BCUT2D eigenvalue weighted by Crippen LogP contribution is 1.95. The van der Waals surface area contributed by atoms with Crippen molar-refractivity contribution < 1.29 is 0 Å². The summed E-state index contributed by atoms with van der Waals surface area (Å²) in [6.07, 6.45) is 0. The molecule has 0 aliphatic rings. The molecular formula is C7H4N4O. The van der Waals surface area contributed by atoms with Crippen LogP contribution in [-0.4, -0.2) is 9.97 Å². The Morgan fingerprint density at radius 1 is 1.42 bits per heavy atom. The van der Waals surface area contributed by atoms with Crippen LogP contribution < -0.4 is 5.56 Å². The summed E-state index contributed by atoms with van der Waals surface area (Å²) in [6, 6.07) is 3.38. The SMILES string of the molecule is Cc1nc(C#N)c(C#N)[nH]c1=O. The van der Waals surface area contributed by atoms with Crippen molar-refractivity contribution in [1.82, 2.24) is 9.97 Å². The van der Waals surface area contributed by atoms with Crippen molar-refractivity contribution in [2.24, 2.45) is 0 Å². The van der Waals surface area contributed by atoms with Gasteiger partial charge in [0, 0.05) is 0 Å². The number of H-pyrrole nitrogens is 1. The van der Waals surface area contributed by atoms with E-state index in [1.165, 1.54) is 6.92 Å². The molecule has 0 aliphatic heterocycles. The largest absolute Gasteiger partial charge is 0.310 e. The molecule has 0 spiro atoms. The molecule has 1 aromatic rings. The van der Waals surface area contributed by atoms with Gasteiger partial charge in [-0.25, -0.2) is 4.98 Å². The monoisotopic (exact) mass is 160 g/mol. The molecule has 0 radical (unpaired) electrons. The fourth-order valence-electron chi connectivity index (χ4n) is 0.699. The minimum Gasteiger partial charge on any atom is -0.310 e. The van der Waals surface area contributed by atoms with E-state index in [2.05, 4.69) is 9.97 Å². The molecule has 12 heavy (non-hydrogen) atoms. The number of hydrogen-bond donors (Lipinski definition) is 1. The zero-order chi connectivity index (χ0) is 9.14. The van der Waals surface area contributed by atoms with Gasteiger partial charge >= 0.3 is 0 Å². The van der Waals surface area contributed by atoms with Crippen LogP contribution in [0, 0.1) is 29.6 Å². The van der Waals surface area contributed by atoms with Crippen LogP contribution in [0.2, 0.25) is 0 Å². The first-order valence-corrected chi connectivity index (χ1v) is 3.10. The predicted octanol–water partition coefficient (Wildman–Crippen LogP) is -0.178. The lowest BCUT2D eigenvalue weighted by atomic mass is 10.3. The number of nitrogens with one attached hydrogen (secondary N) is 1. The molecule has 0 saturated carbocycles. The molecule has 1 rings (SSSR count). The Morgan fingerprint density at radius 3 is 2.58 bits per heavy atom. The molecule has 0 atom stereocenters. The Balaban J connectivity index is 3.55. The lowest BCUT2D eigenvalue weighted by Crippen LogP contribution is -2.15. The van der Waals surface area contributed by atoms with Crippen LogP contribution >= 0.6 is 0 Å². The highest BCUT2D eigenvalue weighted by molar-refractivity contribution is 5.34. The van der Waals surface area contributed by atoms with Gasteiger partial charge in [0.2, 0.25) is 0 Å². The first-order valence-electron chi connectivity index (χ1n) is 3.10. The summed E-state index contributed by atoms with van der Waals surface area (Å²) in [5.41, 5.74) is -0.390. The second-order valence-electron chi connectivity index (χ2n) is 2.10. The van der Waals surface area contributed by atoms with Crippen molar-refractivity contribution in [2.45, 2.75) is 6.92 Å². The van der Waals surface area contributed by atoms with Crippen LogP contribution in [0.25, 0.3) is 0 Å².